The fourth-order valence-corrected chi connectivity index (χ4v) is 7.41. The summed E-state index contributed by atoms with van der Waals surface area (Å²) < 4.78 is 43.0. The Morgan fingerprint density at radius 2 is 1.84 bits per heavy atom. The number of aliphatic hydroxyl groups is 1. The van der Waals surface area contributed by atoms with Crippen LogP contribution in [0, 0.1) is 11.8 Å². The Morgan fingerprint density at radius 1 is 1.11 bits per heavy atom. The molecule has 0 saturated heterocycles. The summed E-state index contributed by atoms with van der Waals surface area (Å²) in [6, 6.07) is 4.28. The van der Waals surface area contributed by atoms with Crippen molar-refractivity contribution in [3.8, 4) is 5.75 Å². The van der Waals surface area contributed by atoms with E-state index in [9.17, 15) is 18.3 Å². The molecule has 2 N–H and O–H groups in total. The Kier molecular flexibility index (Phi) is 12.7. The summed E-state index contributed by atoms with van der Waals surface area (Å²) in [6.45, 7) is 8.48. The van der Waals surface area contributed by atoms with Crippen LogP contribution in [0.4, 0.5) is 5.69 Å². The second-order valence-electron chi connectivity index (χ2n) is 13.2. The number of anilines is 1. The molecule has 252 valence electrons. The summed E-state index contributed by atoms with van der Waals surface area (Å²) in [5.74, 6) is 0.741. The molecular weight excluding hydrogens is 594 g/mol. The molecule has 1 aromatic carbocycles. The summed E-state index contributed by atoms with van der Waals surface area (Å²) in [7, 11) is -0.121. The Morgan fingerprint density at radius 3 is 2.53 bits per heavy atom. The minimum absolute atomic E-state index is 0.0196. The highest BCUT2D eigenvalue weighted by Gasteiger charge is 2.31. The number of rotatable bonds is 9. The minimum Gasteiger partial charge on any atom is -0.490 e. The second-order valence-corrected chi connectivity index (χ2v) is 14.8. The van der Waals surface area contributed by atoms with Crippen LogP contribution < -0.4 is 9.46 Å². The van der Waals surface area contributed by atoms with Crippen molar-refractivity contribution in [3.05, 3.63) is 36.3 Å². The summed E-state index contributed by atoms with van der Waals surface area (Å²) in [6.07, 6.45) is 11.7. The quantitative estimate of drug-likeness (QED) is 0.407. The fourth-order valence-electron chi connectivity index (χ4n) is 6.38. The SMILES string of the molecule is C[C@H]1CCCCO[C@@H](CN(C)CC2CCCCC2)[C@@H](C)CN([C@@H](C)CO)C(=O)c2cc(NS(=O)(=O)c3cn(C)cn3)ccc2O1. The Hall–Kier alpha value is -2.67. The third-order valence-corrected chi connectivity index (χ3v) is 10.3. The zero-order valence-corrected chi connectivity index (χ0v) is 28.5. The maximum atomic E-state index is 14.3. The number of benzene rings is 1. The van der Waals surface area contributed by atoms with Gasteiger partial charge in [-0.1, -0.05) is 26.2 Å². The number of aliphatic hydroxyl groups excluding tert-OH is 1. The first-order valence-corrected chi connectivity index (χ1v) is 18.0. The molecule has 1 aromatic heterocycles. The van der Waals surface area contributed by atoms with E-state index < -0.39 is 16.1 Å². The zero-order valence-electron chi connectivity index (χ0n) is 27.7. The van der Waals surface area contributed by atoms with E-state index in [-0.39, 0.29) is 46.9 Å². The van der Waals surface area contributed by atoms with Crippen molar-refractivity contribution >= 4 is 21.6 Å². The first-order chi connectivity index (χ1) is 21.5. The molecule has 4 rings (SSSR count). The van der Waals surface area contributed by atoms with Gasteiger partial charge in [0.05, 0.1) is 36.7 Å². The van der Waals surface area contributed by atoms with Gasteiger partial charge in [0.25, 0.3) is 15.9 Å². The monoisotopic (exact) mass is 647 g/mol. The second kappa shape index (κ2) is 16.2. The smallest absolute Gasteiger partial charge is 0.280 e. The Bertz CT molecular complexity index is 1340. The van der Waals surface area contributed by atoms with Gasteiger partial charge in [0, 0.05) is 51.1 Å². The summed E-state index contributed by atoms with van der Waals surface area (Å²) >= 11 is 0. The summed E-state index contributed by atoms with van der Waals surface area (Å²) in [5, 5.41) is 10.1. The number of aryl methyl sites for hydroxylation is 1. The van der Waals surface area contributed by atoms with E-state index in [1.54, 1.807) is 28.6 Å². The fraction of sp³-hybridized carbons (Fsp3) is 0.697. The minimum atomic E-state index is -3.98. The van der Waals surface area contributed by atoms with E-state index in [1.807, 2.05) is 13.8 Å². The van der Waals surface area contributed by atoms with Crippen molar-refractivity contribution in [2.75, 3.05) is 44.6 Å². The van der Waals surface area contributed by atoms with Crippen LogP contribution in [-0.2, 0) is 21.8 Å². The molecule has 0 radical (unpaired) electrons. The molecule has 1 aliphatic carbocycles. The number of carbonyl (C=O) groups excluding carboxylic acids is 1. The molecule has 2 aliphatic rings. The number of nitrogens with one attached hydrogen (secondary N) is 1. The van der Waals surface area contributed by atoms with Gasteiger partial charge in [-0.2, -0.15) is 8.42 Å². The molecule has 4 atom stereocenters. The molecule has 0 spiro atoms. The normalized spacial score (nSPS) is 23.7. The molecular formula is C33H53N5O6S. The number of fused-ring (bicyclic) bond motifs is 1. The van der Waals surface area contributed by atoms with Gasteiger partial charge < -0.3 is 28.9 Å². The van der Waals surface area contributed by atoms with Crippen LogP contribution in [0.3, 0.4) is 0 Å². The van der Waals surface area contributed by atoms with Gasteiger partial charge in [0.1, 0.15) is 5.75 Å². The maximum Gasteiger partial charge on any atom is 0.280 e. The number of sulfonamides is 1. The van der Waals surface area contributed by atoms with E-state index in [1.165, 1.54) is 50.7 Å². The number of likely N-dealkylation sites (N-methyl/N-ethyl adjacent to an activating group) is 1. The highest BCUT2D eigenvalue weighted by Crippen LogP contribution is 2.30. The molecule has 1 aliphatic heterocycles. The van der Waals surface area contributed by atoms with E-state index in [0.717, 1.165) is 32.4 Å². The number of carbonyl (C=O) groups is 1. The van der Waals surface area contributed by atoms with Gasteiger partial charge in [-0.3, -0.25) is 9.52 Å². The van der Waals surface area contributed by atoms with Crippen molar-refractivity contribution in [1.82, 2.24) is 19.4 Å². The maximum absolute atomic E-state index is 14.3. The van der Waals surface area contributed by atoms with Crippen LogP contribution in [-0.4, -0.2) is 96.9 Å². The number of aromatic nitrogens is 2. The summed E-state index contributed by atoms with van der Waals surface area (Å²) in [5.41, 5.74) is 0.458. The third kappa shape index (κ3) is 9.91. The van der Waals surface area contributed by atoms with E-state index in [0.29, 0.717) is 24.8 Å². The lowest BCUT2D eigenvalue weighted by molar-refractivity contribution is -0.0190. The van der Waals surface area contributed by atoms with Crippen molar-refractivity contribution < 1.29 is 27.8 Å². The van der Waals surface area contributed by atoms with Crippen molar-refractivity contribution in [2.24, 2.45) is 18.9 Å². The van der Waals surface area contributed by atoms with E-state index in [4.69, 9.17) is 9.47 Å². The molecule has 0 bridgehead atoms. The largest absolute Gasteiger partial charge is 0.490 e. The first kappa shape index (κ1) is 35.2. The van der Waals surface area contributed by atoms with Gasteiger partial charge in [-0.15, -0.1) is 0 Å². The number of hydrogen-bond acceptors (Lipinski definition) is 8. The van der Waals surface area contributed by atoms with E-state index in [2.05, 4.69) is 28.6 Å². The molecule has 1 fully saturated rings. The molecule has 1 amide bonds. The standard InChI is InChI=1S/C33H53N5O6S/c1-24-18-38(25(2)22-39)33(40)29-17-28(35-45(41,42)32-21-37(5)23-34-32)14-15-30(29)44-26(3)11-9-10-16-43-31(24)20-36(4)19-27-12-7-6-8-13-27/h14-15,17,21,23-27,31,35,39H,6-13,16,18-20,22H2,1-5H3/t24-,25-,26-,31-/m0/s1. The predicted molar refractivity (Wildman–Crippen MR) is 175 cm³/mol. The first-order valence-electron chi connectivity index (χ1n) is 16.5. The van der Waals surface area contributed by atoms with Gasteiger partial charge in [0.2, 0.25) is 0 Å². The lowest BCUT2D eigenvalue weighted by Crippen LogP contribution is -2.47. The van der Waals surface area contributed by atoms with E-state index >= 15 is 0 Å². The van der Waals surface area contributed by atoms with Crippen LogP contribution in [0.1, 0.15) is 82.5 Å². The third-order valence-electron chi connectivity index (χ3n) is 9.05. The highest BCUT2D eigenvalue weighted by atomic mass is 32.2. The number of hydrogen-bond donors (Lipinski definition) is 2. The average Bonchev–Trinajstić information content (AvgIpc) is 3.46. The van der Waals surface area contributed by atoms with Crippen molar-refractivity contribution in [2.45, 2.75) is 95.4 Å². The predicted octanol–water partition coefficient (Wildman–Crippen LogP) is 4.53. The molecule has 12 heteroatoms. The van der Waals surface area contributed by atoms with Crippen molar-refractivity contribution in [3.63, 3.8) is 0 Å². The highest BCUT2D eigenvalue weighted by molar-refractivity contribution is 7.92. The molecule has 2 aromatic rings. The lowest BCUT2D eigenvalue weighted by Gasteiger charge is -2.36. The van der Waals surface area contributed by atoms with Gasteiger partial charge >= 0.3 is 0 Å². The van der Waals surface area contributed by atoms with Gasteiger partial charge in [-0.05, 0) is 77.1 Å². The molecule has 1 saturated carbocycles. The molecule has 45 heavy (non-hydrogen) atoms. The van der Waals surface area contributed by atoms with Crippen LogP contribution in [0.2, 0.25) is 0 Å². The topological polar surface area (TPSA) is 126 Å². The van der Waals surface area contributed by atoms with Crippen LogP contribution in [0.25, 0.3) is 0 Å². The number of ether oxygens (including phenoxy) is 2. The number of nitrogens with zero attached hydrogens (tertiary/aromatic N) is 4. The van der Waals surface area contributed by atoms with Crippen LogP contribution in [0.15, 0.2) is 35.7 Å². The summed E-state index contributed by atoms with van der Waals surface area (Å²) in [4.78, 5) is 22.3. The number of imidazole rings is 1. The zero-order chi connectivity index (χ0) is 32.6. The Labute approximate surface area is 269 Å². The average molecular weight is 648 g/mol. The lowest BCUT2D eigenvalue weighted by atomic mass is 9.89. The van der Waals surface area contributed by atoms with Gasteiger partial charge in [0.15, 0.2) is 5.03 Å². The molecule has 2 heterocycles. The number of amides is 1. The van der Waals surface area contributed by atoms with Crippen LogP contribution in [0.5, 0.6) is 5.75 Å². The molecule has 0 unspecified atom stereocenters. The Balaban J connectivity index is 1.61. The molecule has 11 nitrogen and oxygen atoms in total. The van der Waals surface area contributed by atoms with Crippen molar-refractivity contribution in [1.29, 1.82) is 0 Å². The van der Waals surface area contributed by atoms with Crippen LogP contribution >= 0.6 is 0 Å². The van der Waals surface area contributed by atoms with Gasteiger partial charge in [-0.25, -0.2) is 4.98 Å².